The van der Waals surface area contributed by atoms with Gasteiger partial charge in [0.25, 0.3) is 0 Å². The Labute approximate surface area is 95.2 Å². The van der Waals surface area contributed by atoms with Crippen molar-refractivity contribution < 1.29 is 0 Å². The molecule has 0 saturated heterocycles. The van der Waals surface area contributed by atoms with Gasteiger partial charge in [-0.1, -0.05) is 50.1 Å². The topological polar surface area (TPSA) is 0 Å². The third-order valence-corrected chi connectivity index (χ3v) is 4.35. The molecule has 1 aromatic carbocycles. The lowest BCUT2D eigenvalue weighted by molar-refractivity contribution is 0.732. The van der Waals surface area contributed by atoms with Gasteiger partial charge in [0, 0.05) is 0 Å². The van der Waals surface area contributed by atoms with Gasteiger partial charge in [-0.15, -0.1) is 21.5 Å². The predicted molar refractivity (Wildman–Crippen MR) is 61.8 cm³/mol. The highest BCUT2D eigenvalue weighted by atomic mass is 79.9. The second-order valence-electron chi connectivity index (χ2n) is 3.42. The molecule has 64 valence electrons. The standard InChI is InChI=1S/C6H5.C4H9.BrH.Mg/c1-2-4-6-5-3-1;1-4(2)3;;/h1-5H;4H,1H2,2-3H3;1H;. The largest absolute Gasteiger partial charge is 0.409 e. The van der Waals surface area contributed by atoms with E-state index in [2.05, 4.69) is 44.2 Å². The van der Waals surface area contributed by atoms with Crippen molar-refractivity contribution in [1.82, 2.24) is 0 Å². The van der Waals surface area contributed by atoms with Crippen molar-refractivity contribution in [3.05, 3.63) is 30.3 Å². The molecule has 0 unspecified atom stereocenters. The fourth-order valence-electron chi connectivity index (χ4n) is 1.10. The molecule has 0 aliphatic heterocycles. The quantitative estimate of drug-likeness (QED) is 0.712. The zero-order chi connectivity index (χ0) is 8.10. The molecule has 0 nitrogen and oxygen atoms in total. The van der Waals surface area contributed by atoms with Crippen molar-refractivity contribution in [3.8, 4) is 0 Å². The molecule has 0 aliphatic rings. The summed E-state index contributed by atoms with van der Waals surface area (Å²) >= 11 is 0.0411. The molecule has 0 spiro atoms. The maximum absolute atomic E-state index is 2.30. The second kappa shape index (κ2) is 6.93. The van der Waals surface area contributed by atoms with Crippen molar-refractivity contribution in [3.63, 3.8) is 0 Å². The van der Waals surface area contributed by atoms with E-state index in [4.69, 9.17) is 0 Å². The SMILES string of the molecule is Br.CC(C)[CH2][Mg][c]1ccccc1. The Morgan fingerprint density at radius 1 is 1.17 bits per heavy atom. The minimum Gasteiger partial charge on any atom is -0.174 e. The molecule has 0 N–H and O–H groups in total. The second-order valence-corrected chi connectivity index (χ2v) is 5.31. The number of benzene rings is 1. The van der Waals surface area contributed by atoms with Gasteiger partial charge >= 0.3 is 20.4 Å². The van der Waals surface area contributed by atoms with Gasteiger partial charge in [0.05, 0.1) is 0 Å². The average Bonchev–Trinajstić information content (AvgIpc) is 2.03. The van der Waals surface area contributed by atoms with E-state index in [1.165, 1.54) is 4.55 Å². The van der Waals surface area contributed by atoms with Crippen LogP contribution < -0.4 is 3.69 Å². The lowest BCUT2D eigenvalue weighted by Crippen LogP contribution is -2.14. The van der Waals surface area contributed by atoms with E-state index in [-0.39, 0.29) is 37.3 Å². The molecule has 0 fully saturated rings. The maximum atomic E-state index is 2.30. The molecule has 1 aromatic rings. The molecular weight excluding hydrogens is 224 g/mol. The third-order valence-electron chi connectivity index (χ3n) is 1.85. The van der Waals surface area contributed by atoms with Crippen LogP contribution in [0.3, 0.4) is 0 Å². The molecule has 0 amide bonds. The summed E-state index contributed by atoms with van der Waals surface area (Å²) in [6.45, 7) is 4.60. The van der Waals surface area contributed by atoms with Crippen LogP contribution in [0.15, 0.2) is 30.3 Å². The molecular formula is C10H15BrMg. The van der Waals surface area contributed by atoms with Crippen LogP contribution in [0.2, 0.25) is 4.55 Å². The molecule has 0 aliphatic carbocycles. The van der Waals surface area contributed by atoms with E-state index in [9.17, 15) is 0 Å². The summed E-state index contributed by atoms with van der Waals surface area (Å²) in [5.74, 6) is 0.877. The van der Waals surface area contributed by atoms with E-state index in [1.807, 2.05) is 0 Å². The van der Waals surface area contributed by atoms with Gasteiger partial charge in [-0.05, 0) is 0 Å². The molecule has 0 atom stereocenters. The fourth-order valence-corrected chi connectivity index (χ4v) is 2.62. The van der Waals surface area contributed by atoms with Crippen LogP contribution in [0.4, 0.5) is 0 Å². The molecule has 1 rings (SSSR count). The number of hydrogen-bond acceptors (Lipinski definition) is 0. The van der Waals surface area contributed by atoms with Crippen molar-refractivity contribution in [2.24, 2.45) is 5.92 Å². The van der Waals surface area contributed by atoms with Gasteiger partial charge in [0.15, 0.2) is 0 Å². The minimum atomic E-state index is 0. The first kappa shape index (κ1) is 12.5. The van der Waals surface area contributed by atoms with Gasteiger partial charge < -0.3 is 0 Å². The summed E-state index contributed by atoms with van der Waals surface area (Å²) in [5.41, 5.74) is 0. The Morgan fingerprint density at radius 3 is 2.25 bits per heavy atom. The van der Waals surface area contributed by atoms with E-state index in [0.717, 1.165) is 5.92 Å². The Balaban J connectivity index is 0.00000121. The number of halogens is 1. The molecule has 0 saturated carbocycles. The van der Waals surface area contributed by atoms with Crippen LogP contribution in [0.5, 0.6) is 0 Å². The van der Waals surface area contributed by atoms with Crippen molar-refractivity contribution in [2.75, 3.05) is 0 Å². The lowest BCUT2D eigenvalue weighted by atomic mass is 10.3. The van der Waals surface area contributed by atoms with Crippen LogP contribution in [-0.2, 0) is 0 Å². The van der Waals surface area contributed by atoms with Gasteiger partial charge in [0.1, 0.15) is 0 Å². The van der Waals surface area contributed by atoms with E-state index < -0.39 is 0 Å². The molecule has 0 bridgehead atoms. The summed E-state index contributed by atoms with van der Waals surface area (Å²) in [6, 6.07) is 10.9. The van der Waals surface area contributed by atoms with Gasteiger partial charge in [-0.25, -0.2) is 0 Å². The van der Waals surface area contributed by atoms with E-state index in [1.54, 1.807) is 3.69 Å². The van der Waals surface area contributed by atoms with Gasteiger partial charge in [-0.3, -0.25) is 0 Å². The summed E-state index contributed by atoms with van der Waals surface area (Å²) in [7, 11) is 0. The maximum Gasteiger partial charge on any atom is 0.409 e. The van der Waals surface area contributed by atoms with Crippen LogP contribution in [0.25, 0.3) is 0 Å². The van der Waals surface area contributed by atoms with Crippen LogP contribution in [-0.4, -0.2) is 20.4 Å². The van der Waals surface area contributed by atoms with Gasteiger partial charge in [0.2, 0.25) is 0 Å². The first-order chi connectivity index (χ1) is 5.29. The molecule has 0 heterocycles. The van der Waals surface area contributed by atoms with Crippen molar-refractivity contribution in [2.45, 2.75) is 18.4 Å². The van der Waals surface area contributed by atoms with Crippen LogP contribution in [0.1, 0.15) is 13.8 Å². The highest BCUT2D eigenvalue weighted by Gasteiger charge is 2.00. The Hall–Kier alpha value is 0.466. The molecule has 12 heavy (non-hydrogen) atoms. The summed E-state index contributed by atoms with van der Waals surface area (Å²) in [5, 5.41) is 0. The smallest absolute Gasteiger partial charge is 0.174 e. The zero-order valence-corrected chi connectivity index (χ0v) is 10.9. The lowest BCUT2D eigenvalue weighted by Gasteiger charge is -2.01. The number of hydrogen-bond donors (Lipinski definition) is 0. The van der Waals surface area contributed by atoms with Crippen LogP contribution >= 0.6 is 17.0 Å². The fraction of sp³-hybridized carbons (Fsp3) is 0.400. The Kier molecular flexibility index (Phi) is 7.20. The van der Waals surface area contributed by atoms with Gasteiger partial charge in [-0.2, -0.15) is 3.69 Å². The first-order valence-electron chi connectivity index (χ1n) is 4.33. The third kappa shape index (κ3) is 5.17. The van der Waals surface area contributed by atoms with Crippen molar-refractivity contribution >= 4 is 41.0 Å². The van der Waals surface area contributed by atoms with Crippen molar-refractivity contribution in [1.29, 1.82) is 0 Å². The monoisotopic (exact) mass is 238 g/mol. The summed E-state index contributed by atoms with van der Waals surface area (Å²) in [4.78, 5) is 0. The van der Waals surface area contributed by atoms with E-state index in [0.29, 0.717) is 0 Å². The van der Waals surface area contributed by atoms with Crippen LogP contribution in [0, 0.1) is 5.92 Å². The first-order valence-corrected chi connectivity index (χ1v) is 6.03. The zero-order valence-electron chi connectivity index (χ0n) is 7.79. The minimum absolute atomic E-state index is 0. The highest BCUT2D eigenvalue weighted by molar-refractivity contribution is 8.93. The predicted octanol–water partition coefficient (Wildman–Crippen LogP) is 2.67. The Morgan fingerprint density at radius 2 is 1.75 bits per heavy atom. The highest BCUT2D eigenvalue weighted by Crippen LogP contribution is 1.98. The molecule has 0 radical (unpaired) electrons. The average molecular weight is 239 g/mol. The Bertz CT molecular complexity index is 196. The normalized spacial score (nSPS) is 8.92. The summed E-state index contributed by atoms with van der Waals surface area (Å²) in [6.07, 6.45) is 0. The molecule has 2 heteroatoms. The van der Waals surface area contributed by atoms with E-state index >= 15 is 0 Å². The number of rotatable bonds is 3. The summed E-state index contributed by atoms with van der Waals surface area (Å²) < 4.78 is 3.03. The molecule has 0 aromatic heterocycles.